The highest BCUT2D eigenvalue weighted by Crippen LogP contribution is 2.32. The van der Waals surface area contributed by atoms with Crippen LogP contribution in [0.1, 0.15) is 18.0 Å². The number of rotatable bonds is 5. The molecule has 0 saturated heterocycles. The largest absolute Gasteiger partial charge is 0.496 e. The van der Waals surface area contributed by atoms with Crippen LogP contribution in [-0.2, 0) is 4.79 Å². The molecule has 0 saturated carbocycles. The van der Waals surface area contributed by atoms with Gasteiger partial charge in [-0.1, -0.05) is 36.4 Å². The summed E-state index contributed by atoms with van der Waals surface area (Å²) in [6.45, 7) is 0. The number of carboxylic acids is 1. The molecule has 0 unspecified atom stereocenters. The molecule has 2 aromatic carbocycles. The number of hydrogen-bond acceptors (Lipinski definition) is 3. The van der Waals surface area contributed by atoms with Gasteiger partial charge in [-0.3, -0.25) is 4.79 Å². The van der Waals surface area contributed by atoms with Crippen LogP contribution in [0, 0.1) is 0 Å². The molecule has 0 fully saturated rings. The number of methoxy groups -OCH3 is 1. The molecule has 2 rings (SSSR count). The van der Waals surface area contributed by atoms with Gasteiger partial charge in [0.2, 0.25) is 0 Å². The Morgan fingerprint density at radius 1 is 1.25 bits per heavy atom. The number of carbonyl (C=O) groups is 1. The van der Waals surface area contributed by atoms with Crippen LogP contribution in [0.25, 0.3) is 11.1 Å². The average molecular weight is 271 g/mol. The zero-order valence-electron chi connectivity index (χ0n) is 11.2. The predicted molar refractivity (Wildman–Crippen MR) is 77.6 cm³/mol. The molecule has 0 amide bonds. The lowest BCUT2D eigenvalue weighted by atomic mass is 9.97. The van der Waals surface area contributed by atoms with Crippen molar-refractivity contribution in [3.8, 4) is 16.9 Å². The van der Waals surface area contributed by atoms with E-state index in [0.717, 1.165) is 22.4 Å². The highest BCUT2D eigenvalue weighted by Gasteiger charge is 2.14. The number of hydrogen-bond donors (Lipinski definition) is 2. The maximum atomic E-state index is 10.8. The summed E-state index contributed by atoms with van der Waals surface area (Å²) < 4.78 is 5.36. The van der Waals surface area contributed by atoms with E-state index in [4.69, 9.17) is 15.6 Å². The van der Waals surface area contributed by atoms with Crippen LogP contribution in [-0.4, -0.2) is 18.2 Å². The summed E-state index contributed by atoms with van der Waals surface area (Å²) in [5.41, 5.74) is 8.61. The summed E-state index contributed by atoms with van der Waals surface area (Å²) in [6, 6.07) is 14.8. The predicted octanol–water partition coefficient (Wildman–Crippen LogP) is 2.84. The Morgan fingerprint density at radius 3 is 2.55 bits per heavy atom. The van der Waals surface area contributed by atoms with Crippen molar-refractivity contribution < 1.29 is 14.6 Å². The standard InChI is InChI=1S/C16H17NO3/c1-20-15-8-7-12(14(17)10-16(18)19)9-13(15)11-5-3-2-4-6-11/h2-9,14H,10,17H2,1H3,(H,18,19)/t14-/m0/s1. The second-order valence-electron chi connectivity index (χ2n) is 4.53. The Labute approximate surface area is 117 Å². The van der Waals surface area contributed by atoms with Gasteiger partial charge in [-0.2, -0.15) is 0 Å². The van der Waals surface area contributed by atoms with Gasteiger partial charge in [-0.25, -0.2) is 0 Å². The van der Waals surface area contributed by atoms with Gasteiger partial charge in [-0.15, -0.1) is 0 Å². The van der Waals surface area contributed by atoms with Crippen LogP contribution in [0.4, 0.5) is 0 Å². The Bertz CT molecular complexity index is 596. The zero-order chi connectivity index (χ0) is 14.5. The first kappa shape index (κ1) is 14.1. The normalized spacial score (nSPS) is 11.9. The number of ether oxygens (including phenoxy) is 1. The van der Waals surface area contributed by atoms with E-state index >= 15 is 0 Å². The molecule has 3 N–H and O–H groups in total. The fourth-order valence-electron chi connectivity index (χ4n) is 2.11. The highest BCUT2D eigenvalue weighted by molar-refractivity contribution is 5.72. The smallest absolute Gasteiger partial charge is 0.305 e. The molecule has 2 aromatic rings. The molecule has 4 nitrogen and oxygen atoms in total. The lowest BCUT2D eigenvalue weighted by Crippen LogP contribution is -2.15. The van der Waals surface area contributed by atoms with Crippen molar-refractivity contribution in [2.45, 2.75) is 12.5 Å². The second-order valence-corrected chi connectivity index (χ2v) is 4.53. The first-order valence-corrected chi connectivity index (χ1v) is 6.32. The van der Waals surface area contributed by atoms with Crippen LogP contribution in [0.2, 0.25) is 0 Å². The van der Waals surface area contributed by atoms with E-state index < -0.39 is 12.0 Å². The van der Waals surface area contributed by atoms with E-state index in [1.807, 2.05) is 42.5 Å². The molecule has 0 bridgehead atoms. The molecule has 20 heavy (non-hydrogen) atoms. The van der Waals surface area contributed by atoms with E-state index in [-0.39, 0.29) is 6.42 Å². The van der Waals surface area contributed by atoms with Crippen LogP contribution in [0.3, 0.4) is 0 Å². The summed E-state index contributed by atoms with van der Waals surface area (Å²) in [4.78, 5) is 10.8. The maximum Gasteiger partial charge on any atom is 0.305 e. The second kappa shape index (κ2) is 6.21. The number of benzene rings is 2. The van der Waals surface area contributed by atoms with Gasteiger partial charge in [0.15, 0.2) is 0 Å². The minimum atomic E-state index is -0.908. The van der Waals surface area contributed by atoms with Crippen LogP contribution in [0.5, 0.6) is 5.75 Å². The zero-order valence-corrected chi connectivity index (χ0v) is 11.2. The van der Waals surface area contributed by atoms with Crippen molar-refractivity contribution in [1.82, 2.24) is 0 Å². The molecule has 0 heterocycles. The van der Waals surface area contributed by atoms with E-state index in [1.165, 1.54) is 0 Å². The molecule has 0 aliphatic carbocycles. The van der Waals surface area contributed by atoms with Gasteiger partial charge >= 0.3 is 5.97 Å². The van der Waals surface area contributed by atoms with Crippen LogP contribution >= 0.6 is 0 Å². The molecule has 104 valence electrons. The van der Waals surface area contributed by atoms with E-state index in [9.17, 15) is 4.79 Å². The minimum absolute atomic E-state index is 0.0967. The summed E-state index contributed by atoms with van der Waals surface area (Å²) in [5, 5.41) is 8.83. The summed E-state index contributed by atoms with van der Waals surface area (Å²) in [7, 11) is 1.61. The number of aliphatic carboxylic acids is 1. The van der Waals surface area contributed by atoms with E-state index in [0.29, 0.717) is 0 Å². The van der Waals surface area contributed by atoms with Gasteiger partial charge in [0.05, 0.1) is 13.5 Å². The van der Waals surface area contributed by atoms with Crippen molar-refractivity contribution in [2.24, 2.45) is 5.73 Å². The Balaban J connectivity index is 2.42. The Kier molecular flexibility index (Phi) is 4.38. The first-order chi connectivity index (χ1) is 9.61. The molecule has 0 aliphatic rings. The average Bonchev–Trinajstić information content (AvgIpc) is 2.46. The van der Waals surface area contributed by atoms with Gasteiger partial charge in [0.1, 0.15) is 5.75 Å². The van der Waals surface area contributed by atoms with Crippen LogP contribution < -0.4 is 10.5 Å². The molecular formula is C16H17NO3. The van der Waals surface area contributed by atoms with Gasteiger partial charge in [-0.05, 0) is 23.3 Å². The van der Waals surface area contributed by atoms with Crippen molar-refractivity contribution >= 4 is 5.97 Å². The highest BCUT2D eigenvalue weighted by atomic mass is 16.5. The third kappa shape index (κ3) is 3.16. The molecule has 4 heteroatoms. The van der Waals surface area contributed by atoms with Gasteiger partial charge in [0, 0.05) is 11.6 Å². The number of carboxylic acid groups (broad SMARTS) is 1. The fraction of sp³-hybridized carbons (Fsp3) is 0.188. The van der Waals surface area contributed by atoms with E-state index in [2.05, 4.69) is 0 Å². The molecular weight excluding hydrogens is 254 g/mol. The molecule has 0 aliphatic heterocycles. The fourth-order valence-corrected chi connectivity index (χ4v) is 2.11. The third-order valence-corrected chi connectivity index (χ3v) is 3.13. The maximum absolute atomic E-state index is 10.8. The monoisotopic (exact) mass is 271 g/mol. The van der Waals surface area contributed by atoms with Gasteiger partial charge < -0.3 is 15.6 Å². The first-order valence-electron chi connectivity index (χ1n) is 6.32. The Hall–Kier alpha value is -2.33. The summed E-state index contributed by atoms with van der Waals surface area (Å²) in [6.07, 6.45) is -0.0967. The van der Waals surface area contributed by atoms with Crippen molar-refractivity contribution in [1.29, 1.82) is 0 Å². The summed E-state index contributed by atoms with van der Waals surface area (Å²) >= 11 is 0. The minimum Gasteiger partial charge on any atom is -0.496 e. The van der Waals surface area contributed by atoms with E-state index in [1.54, 1.807) is 13.2 Å². The molecule has 0 aromatic heterocycles. The molecule has 0 spiro atoms. The van der Waals surface area contributed by atoms with Crippen molar-refractivity contribution in [3.05, 3.63) is 54.1 Å². The van der Waals surface area contributed by atoms with Gasteiger partial charge in [0.25, 0.3) is 0 Å². The molecule has 1 atom stereocenters. The SMILES string of the molecule is COc1ccc([C@@H](N)CC(=O)O)cc1-c1ccccc1. The summed E-state index contributed by atoms with van der Waals surface area (Å²) in [5.74, 6) is -0.169. The van der Waals surface area contributed by atoms with Crippen molar-refractivity contribution in [3.63, 3.8) is 0 Å². The topological polar surface area (TPSA) is 72.5 Å². The molecule has 0 radical (unpaired) electrons. The lowest BCUT2D eigenvalue weighted by molar-refractivity contribution is -0.137. The lowest BCUT2D eigenvalue weighted by Gasteiger charge is -2.14. The number of nitrogens with two attached hydrogens (primary N) is 1. The van der Waals surface area contributed by atoms with Crippen LogP contribution in [0.15, 0.2) is 48.5 Å². The third-order valence-electron chi connectivity index (χ3n) is 3.13. The Morgan fingerprint density at radius 2 is 1.95 bits per heavy atom. The van der Waals surface area contributed by atoms with Crippen molar-refractivity contribution in [2.75, 3.05) is 7.11 Å². The quantitative estimate of drug-likeness (QED) is 0.877.